The van der Waals surface area contributed by atoms with Crippen LogP contribution in [0.1, 0.15) is 61.3 Å². The van der Waals surface area contributed by atoms with Crippen molar-refractivity contribution in [3.05, 3.63) is 29.1 Å². The highest BCUT2D eigenvalue weighted by Gasteiger charge is 2.21. The fraction of sp³-hybridized carbons (Fsp3) is 0.667. The Kier molecular flexibility index (Phi) is 3.15. The van der Waals surface area contributed by atoms with Crippen LogP contribution in [0.15, 0.2) is 12.3 Å². The maximum Gasteiger partial charge on any atom is 0.0437 e. The van der Waals surface area contributed by atoms with Gasteiger partial charge in [-0.25, -0.2) is 0 Å². The second-order valence-electron chi connectivity index (χ2n) is 5.73. The van der Waals surface area contributed by atoms with Crippen molar-refractivity contribution < 1.29 is 0 Å². The van der Waals surface area contributed by atoms with Gasteiger partial charge in [0.1, 0.15) is 0 Å². The van der Waals surface area contributed by atoms with Crippen LogP contribution in [0.4, 0.5) is 0 Å². The van der Waals surface area contributed by atoms with Gasteiger partial charge < -0.3 is 5.73 Å². The van der Waals surface area contributed by atoms with Gasteiger partial charge in [0, 0.05) is 23.9 Å². The summed E-state index contributed by atoms with van der Waals surface area (Å²) < 4.78 is 0. The van der Waals surface area contributed by atoms with Crippen LogP contribution >= 0.6 is 0 Å². The minimum absolute atomic E-state index is 0.330. The molecule has 2 N–H and O–H groups in total. The Labute approximate surface area is 104 Å². The molecule has 1 fully saturated rings. The van der Waals surface area contributed by atoms with E-state index < -0.39 is 0 Å². The predicted molar refractivity (Wildman–Crippen MR) is 70.1 cm³/mol. The first-order chi connectivity index (χ1) is 8.33. The van der Waals surface area contributed by atoms with Gasteiger partial charge in [-0.15, -0.1) is 0 Å². The van der Waals surface area contributed by atoms with Crippen LogP contribution in [0.25, 0.3) is 0 Å². The molecule has 3 rings (SSSR count). The summed E-state index contributed by atoms with van der Waals surface area (Å²) in [6, 6.07) is 2.68. The average molecular weight is 230 g/mol. The normalized spacial score (nSPS) is 25.6. The van der Waals surface area contributed by atoms with Crippen molar-refractivity contribution >= 4 is 0 Å². The topological polar surface area (TPSA) is 38.9 Å². The number of fused-ring (bicyclic) bond motifs is 1. The SMILES string of the molecule is NC1Cc2cnc(C3CCCCCC3)cc2C1. The molecule has 1 heterocycles. The number of aromatic nitrogens is 1. The summed E-state index contributed by atoms with van der Waals surface area (Å²) in [6.45, 7) is 0. The molecule has 1 aromatic heterocycles. The first-order valence-electron chi connectivity index (χ1n) is 7.06. The molecule has 2 heteroatoms. The van der Waals surface area contributed by atoms with Gasteiger partial charge in [-0.05, 0) is 42.9 Å². The predicted octanol–water partition coefficient (Wildman–Crippen LogP) is 2.95. The molecule has 2 aliphatic carbocycles. The molecule has 1 unspecified atom stereocenters. The Hall–Kier alpha value is -0.890. The Balaban J connectivity index is 1.81. The first kappa shape index (κ1) is 11.2. The fourth-order valence-corrected chi connectivity index (χ4v) is 3.35. The molecule has 1 atom stereocenters. The maximum absolute atomic E-state index is 6.01. The smallest absolute Gasteiger partial charge is 0.0437 e. The summed E-state index contributed by atoms with van der Waals surface area (Å²) in [5.74, 6) is 0.708. The van der Waals surface area contributed by atoms with Gasteiger partial charge in [0.05, 0.1) is 0 Å². The van der Waals surface area contributed by atoms with E-state index in [9.17, 15) is 0 Å². The molecule has 17 heavy (non-hydrogen) atoms. The standard InChI is InChI=1S/C15H22N2/c16-14-7-12-9-15(17-10-13(12)8-14)11-5-3-1-2-4-6-11/h9-11,14H,1-8,16H2. The minimum Gasteiger partial charge on any atom is -0.327 e. The van der Waals surface area contributed by atoms with Crippen LogP contribution in [0.3, 0.4) is 0 Å². The van der Waals surface area contributed by atoms with E-state index in [1.165, 1.54) is 55.3 Å². The van der Waals surface area contributed by atoms with Crippen LogP contribution in [0.5, 0.6) is 0 Å². The van der Waals surface area contributed by atoms with Gasteiger partial charge in [0.15, 0.2) is 0 Å². The quantitative estimate of drug-likeness (QED) is 0.753. The molecule has 1 saturated carbocycles. The summed E-state index contributed by atoms with van der Waals surface area (Å²) in [6.07, 6.45) is 12.4. The Morgan fingerprint density at radius 3 is 2.47 bits per heavy atom. The molecular weight excluding hydrogens is 208 g/mol. The second kappa shape index (κ2) is 4.77. The highest BCUT2D eigenvalue weighted by Crippen LogP contribution is 2.32. The van der Waals surface area contributed by atoms with Gasteiger partial charge in [-0.1, -0.05) is 25.7 Å². The number of hydrogen-bond donors (Lipinski definition) is 1. The molecule has 1 aromatic rings. The highest BCUT2D eigenvalue weighted by atomic mass is 14.7. The largest absolute Gasteiger partial charge is 0.327 e. The molecule has 0 radical (unpaired) electrons. The zero-order valence-electron chi connectivity index (χ0n) is 10.5. The number of rotatable bonds is 1. The van der Waals surface area contributed by atoms with E-state index in [1.54, 1.807) is 0 Å². The van der Waals surface area contributed by atoms with Gasteiger partial charge >= 0.3 is 0 Å². The zero-order chi connectivity index (χ0) is 11.7. The monoisotopic (exact) mass is 230 g/mol. The lowest BCUT2D eigenvalue weighted by Gasteiger charge is -2.14. The van der Waals surface area contributed by atoms with Crippen LogP contribution in [-0.2, 0) is 12.8 Å². The third kappa shape index (κ3) is 2.37. The van der Waals surface area contributed by atoms with Crippen LogP contribution < -0.4 is 5.73 Å². The van der Waals surface area contributed by atoms with E-state index >= 15 is 0 Å². The van der Waals surface area contributed by atoms with Crippen molar-refractivity contribution in [3.8, 4) is 0 Å². The van der Waals surface area contributed by atoms with Crippen molar-refractivity contribution in [1.82, 2.24) is 4.98 Å². The van der Waals surface area contributed by atoms with Gasteiger partial charge in [-0.2, -0.15) is 0 Å². The lowest BCUT2D eigenvalue weighted by atomic mass is 9.94. The van der Waals surface area contributed by atoms with Gasteiger partial charge in [-0.3, -0.25) is 4.98 Å². The van der Waals surface area contributed by atoms with E-state index in [2.05, 4.69) is 12.3 Å². The molecule has 2 nitrogen and oxygen atoms in total. The third-order valence-corrected chi connectivity index (χ3v) is 4.34. The van der Waals surface area contributed by atoms with Crippen molar-refractivity contribution in [2.45, 2.75) is 63.3 Å². The lowest BCUT2D eigenvalue weighted by molar-refractivity contribution is 0.577. The van der Waals surface area contributed by atoms with Crippen molar-refractivity contribution in [2.75, 3.05) is 0 Å². The summed E-state index contributed by atoms with van der Waals surface area (Å²) in [5, 5.41) is 0. The number of nitrogens with zero attached hydrogens (tertiary/aromatic N) is 1. The van der Waals surface area contributed by atoms with E-state index in [4.69, 9.17) is 10.7 Å². The average Bonchev–Trinajstić information content (AvgIpc) is 2.53. The fourth-order valence-electron chi connectivity index (χ4n) is 3.35. The van der Waals surface area contributed by atoms with Crippen LogP contribution in [0.2, 0.25) is 0 Å². The lowest BCUT2D eigenvalue weighted by Crippen LogP contribution is -2.19. The van der Waals surface area contributed by atoms with Crippen molar-refractivity contribution in [3.63, 3.8) is 0 Å². The number of nitrogens with two attached hydrogens (primary N) is 1. The molecule has 0 spiro atoms. The second-order valence-corrected chi connectivity index (χ2v) is 5.73. The van der Waals surface area contributed by atoms with E-state index in [1.807, 2.05) is 0 Å². The summed E-state index contributed by atoms with van der Waals surface area (Å²) >= 11 is 0. The van der Waals surface area contributed by atoms with E-state index in [-0.39, 0.29) is 0 Å². The van der Waals surface area contributed by atoms with Crippen molar-refractivity contribution in [1.29, 1.82) is 0 Å². The Bertz CT molecular complexity index is 392. The molecule has 0 aliphatic heterocycles. The number of hydrogen-bond acceptors (Lipinski definition) is 2. The first-order valence-corrected chi connectivity index (χ1v) is 7.06. The summed E-state index contributed by atoms with van der Waals surface area (Å²) in [4.78, 5) is 4.69. The Morgan fingerprint density at radius 2 is 1.71 bits per heavy atom. The third-order valence-electron chi connectivity index (χ3n) is 4.34. The molecular formula is C15H22N2. The Morgan fingerprint density at radius 1 is 1.00 bits per heavy atom. The molecule has 0 bridgehead atoms. The van der Waals surface area contributed by atoms with Gasteiger partial charge in [0.2, 0.25) is 0 Å². The molecule has 0 aromatic carbocycles. The van der Waals surface area contributed by atoms with Crippen LogP contribution in [-0.4, -0.2) is 11.0 Å². The molecule has 92 valence electrons. The van der Waals surface area contributed by atoms with E-state index in [0.29, 0.717) is 12.0 Å². The maximum atomic E-state index is 6.01. The molecule has 0 amide bonds. The highest BCUT2D eigenvalue weighted by molar-refractivity contribution is 5.33. The zero-order valence-corrected chi connectivity index (χ0v) is 10.5. The summed E-state index contributed by atoms with van der Waals surface area (Å²) in [7, 11) is 0. The summed E-state index contributed by atoms with van der Waals surface area (Å²) in [5.41, 5.74) is 10.2. The molecule has 2 aliphatic rings. The minimum atomic E-state index is 0.330. The van der Waals surface area contributed by atoms with E-state index in [0.717, 1.165) is 12.8 Å². The number of pyridine rings is 1. The van der Waals surface area contributed by atoms with Crippen LogP contribution in [0, 0.1) is 0 Å². The molecule has 0 saturated heterocycles. The van der Waals surface area contributed by atoms with Gasteiger partial charge in [0.25, 0.3) is 0 Å². The van der Waals surface area contributed by atoms with Crippen molar-refractivity contribution in [2.24, 2.45) is 5.73 Å².